The van der Waals surface area contributed by atoms with Gasteiger partial charge in [0.05, 0.1) is 28.2 Å². The summed E-state index contributed by atoms with van der Waals surface area (Å²) in [7, 11) is 0. The van der Waals surface area contributed by atoms with E-state index in [4.69, 9.17) is 33.2 Å². The molecule has 0 radical (unpaired) electrons. The third-order valence-corrected chi connectivity index (χ3v) is 3.87. The lowest BCUT2D eigenvalue weighted by molar-refractivity contribution is 0.308. The number of halogens is 2. The summed E-state index contributed by atoms with van der Waals surface area (Å²) < 4.78 is 7.67. The van der Waals surface area contributed by atoms with E-state index in [9.17, 15) is 0 Å². The number of aromatic nitrogens is 2. The smallest absolute Gasteiger partial charge is 0.179 e. The first kappa shape index (κ1) is 14.7. The molecule has 3 aromatic rings. The normalized spacial score (nSPS) is 10.6. The van der Waals surface area contributed by atoms with Crippen LogP contribution in [0.1, 0.15) is 11.3 Å². The van der Waals surface area contributed by atoms with Crippen LogP contribution < -0.4 is 4.74 Å². The average molecular weight is 332 g/mol. The minimum absolute atomic E-state index is 0.272. The molecule has 3 rings (SSSR count). The molecule has 0 N–H and O–H groups in total. The number of ether oxygens (including phenoxy) is 1. The van der Waals surface area contributed by atoms with Crippen LogP contribution in [-0.2, 0) is 13.0 Å². The van der Waals surface area contributed by atoms with Gasteiger partial charge in [0.15, 0.2) is 11.4 Å². The van der Waals surface area contributed by atoms with Crippen molar-refractivity contribution >= 4 is 28.8 Å². The van der Waals surface area contributed by atoms with E-state index in [0.29, 0.717) is 33.7 Å². The molecule has 0 amide bonds. The molecule has 4 nitrogen and oxygen atoms in total. The van der Waals surface area contributed by atoms with Gasteiger partial charge in [-0.1, -0.05) is 29.3 Å². The third kappa shape index (κ3) is 3.01. The Bertz CT molecular complexity index is 867. The van der Waals surface area contributed by atoms with E-state index in [1.807, 2.05) is 35.0 Å². The van der Waals surface area contributed by atoms with Crippen LogP contribution in [0.15, 0.2) is 42.7 Å². The van der Waals surface area contributed by atoms with Crippen molar-refractivity contribution in [3.63, 3.8) is 0 Å². The van der Waals surface area contributed by atoms with E-state index in [0.717, 1.165) is 5.56 Å². The topological polar surface area (TPSA) is 50.3 Å². The van der Waals surface area contributed by atoms with Crippen LogP contribution >= 0.6 is 23.2 Å². The first-order chi connectivity index (χ1) is 10.7. The van der Waals surface area contributed by atoms with Crippen molar-refractivity contribution in [1.29, 1.82) is 5.26 Å². The Labute approximate surface area is 137 Å². The molecule has 0 aliphatic rings. The van der Waals surface area contributed by atoms with Crippen LogP contribution in [0.25, 0.3) is 5.65 Å². The van der Waals surface area contributed by atoms with Crippen molar-refractivity contribution in [2.45, 2.75) is 13.0 Å². The van der Waals surface area contributed by atoms with E-state index in [1.54, 1.807) is 12.1 Å². The fourth-order valence-electron chi connectivity index (χ4n) is 2.11. The van der Waals surface area contributed by atoms with Gasteiger partial charge >= 0.3 is 0 Å². The average Bonchev–Trinajstić information content (AvgIpc) is 2.92. The maximum atomic E-state index is 8.76. The van der Waals surface area contributed by atoms with E-state index in [-0.39, 0.29) is 6.42 Å². The second-order valence-electron chi connectivity index (χ2n) is 4.71. The Kier molecular flexibility index (Phi) is 4.19. The molecular weight excluding hydrogens is 321 g/mol. The largest absolute Gasteiger partial charge is 0.485 e. The van der Waals surface area contributed by atoms with E-state index >= 15 is 0 Å². The van der Waals surface area contributed by atoms with Gasteiger partial charge in [0.2, 0.25) is 0 Å². The van der Waals surface area contributed by atoms with E-state index < -0.39 is 0 Å². The molecular formula is C16H11Cl2N3O. The summed E-state index contributed by atoms with van der Waals surface area (Å²) in [5, 5.41) is 9.77. The van der Waals surface area contributed by atoms with Gasteiger partial charge in [-0.3, -0.25) is 0 Å². The number of rotatable bonds is 4. The minimum atomic E-state index is 0.272. The summed E-state index contributed by atoms with van der Waals surface area (Å²) in [5.74, 6) is 0.651. The summed E-state index contributed by atoms with van der Waals surface area (Å²) in [6, 6.07) is 11.2. The standard InChI is InChI=1S/C16H11Cl2N3O/c17-13-4-3-11(8-14(13)18)10-22-15-2-1-7-21-9-12(5-6-19)20-16(15)21/h1-4,7-9H,5,10H2. The number of hydrogen-bond acceptors (Lipinski definition) is 3. The molecule has 110 valence electrons. The molecule has 6 heteroatoms. The molecule has 1 aromatic carbocycles. The van der Waals surface area contributed by atoms with Crippen LogP contribution in [0.5, 0.6) is 5.75 Å². The predicted molar refractivity (Wildman–Crippen MR) is 85.3 cm³/mol. The molecule has 0 unspecified atom stereocenters. The summed E-state index contributed by atoms with van der Waals surface area (Å²) in [5.41, 5.74) is 2.32. The monoisotopic (exact) mass is 331 g/mol. The van der Waals surface area contributed by atoms with Gasteiger partial charge in [0, 0.05) is 12.4 Å². The molecule has 0 bridgehead atoms. The Morgan fingerprint density at radius 2 is 2.09 bits per heavy atom. The number of nitrogens with zero attached hydrogens (tertiary/aromatic N) is 3. The van der Waals surface area contributed by atoms with Crippen molar-refractivity contribution < 1.29 is 4.74 Å². The molecule has 0 saturated carbocycles. The highest BCUT2D eigenvalue weighted by Crippen LogP contribution is 2.24. The molecule has 2 aromatic heterocycles. The summed E-state index contributed by atoms with van der Waals surface area (Å²) in [6.45, 7) is 0.358. The number of pyridine rings is 1. The highest BCUT2D eigenvalue weighted by atomic mass is 35.5. The van der Waals surface area contributed by atoms with E-state index in [2.05, 4.69) is 11.1 Å². The SMILES string of the molecule is N#CCc1cn2cccc(OCc3ccc(Cl)c(Cl)c3)c2n1. The minimum Gasteiger partial charge on any atom is -0.485 e. The lowest BCUT2D eigenvalue weighted by atomic mass is 10.2. The van der Waals surface area contributed by atoms with Crippen molar-refractivity contribution in [1.82, 2.24) is 9.38 Å². The zero-order valence-electron chi connectivity index (χ0n) is 11.5. The first-order valence-corrected chi connectivity index (χ1v) is 7.33. The Morgan fingerprint density at radius 3 is 2.86 bits per heavy atom. The number of benzene rings is 1. The molecule has 0 atom stereocenters. The molecule has 0 aliphatic carbocycles. The molecule has 2 heterocycles. The van der Waals surface area contributed by atoms with E-state index in [1.165, 1.54) is 0 Å². The zero-order chi connectivity index (χ0) is 15.5. The number of fused-ring (bicyclic) bond motifs is 1. The molecule has 0 aliphatic heterocycles. The first-order valence-electron chi connectivity index (χ1n) is 6.57. The second-order valence-corrected chi connectivity index (χ2v) is 5.52. The molecule has 0 saturated heterocycles. The van der Waals surface area contributed by atoms with Crippen molar-refractivity contribution in [2.24, 2.45) is 0 Å². The van der Waals surface area contributed by atoms with Crippen LogP contribution in [-0.4, -0.2) is 9.38 Å². The summed E-state index contributed by atoms with van der Waals surface area (Å²) in [4.78, 5) is 4.41. The Balaban J connectivity index is 1.84. The van der Waals surface area contributed by atoms with Gasteiger partial charge in [-0.25, -0.2) is 4.98 Å². The van der Waals surface area contributed by atoms with Gasteiger partial charge in [-0.15, -0.1) is 0 Å². The van der Waals surface area contributed by atoms with Crippen LogP contribution in [0, 0.1) is 11.3 Å². The lowest BCUT2D eigenvalue weighted by Gasteiger charge is -2.08. The highest BCUT2D eigenvalue weighted by Gasteiger charge is 2.08. The molecule has 22 heavy (non-hydrogen) atoms. The fourth-order valence-corrected chi connectivity index (χ4v) is 2.43. The maximum Gasteiger partial charge on any atom is 0.179 e. The summed E-state index contributed by atoms with van der Waals surface area (Å²) >= 11 is 11.9. The fraction of sp³-hybridized carbons (Fsp3) is 0.125. The van der Waals surface area contributed by atoms with Crippen molar-refractivity contribution in [3.05, 3.63) is 64.0 Å². The van der Waals surface area contributed by atoms with Crippen LogP contribution in [0.3, 0.4) is 0 Å². The number of imidazole rings is 1. The summed E-state index contributed by atoms with van der Waals surface area (Å²) in [6.07, 6.45) is 3.97. The predicted octanol–water partition coefficient (Wildman–Crippen LogP) is 4.29. The highest BCUT2D eigenvalue weighted by molar-refractivity contribution is 6.42. The lowest BCUT2D eigenvalue weighted by Crippen LogP contribution is -1.97. The quantitative estimate of drug-likeness (QED) is 0.716. The van der Waals surface area contributed by atoms with Crippen LogP contribution in [0.2, 0.25) is 10.0 Å². The second kappa shape index (κ2) is 6.27. The van der Waals surface area contributed by atoms with Gasteiger partial charge in [0.1, 0.15) is 6.61 Å². The van der Waals surface area contributed by atoms with Gasteiger partial charge in [-0.05, 0) is 29.8 Å². The van der Waals surface area contributed by atoms with Crippen molar-refractivity contribution in [2.75, 3.05) is 0 Å². The Morgan fingerprint density at radius 1 is 1.23 bits per heavy atom. The maximum absolute atomic E-state index is 8.76. The van der Waals surface area contributed by atoms with Gasteiger partial charge < -0.3 is 9.14 Å². The zero-order valence-corrected chi connectivity index (χ0v) is 13.0. The number of nitriles is 1. The molecule has 0 fully saturated rings. The number of hydrogen-bond donors (Lipinski definition) is 0. The third-order valence-electron chi connectivity index (χ3n) is 3.14. The molecule has 0 spiro atoms. The Hall–Kier alpha value is -2.22. The van der Waals surface area contributed by atoms with Crippen LogP contribution in [0.4, 0.5) is 0 Å². The van der Waals surface area contributed by atoms with Crippen molar-refractivity contribution in [3.8, 4) is 11.8 Å². The van der Waals surface area contributed by atoms with Gasteiger partial charge in [0.25, 0.3) is 0 Å². The van der Waals surface area contributed by atoms with Gasteiger partial charge in [-0.2, -0.15) is 5.26 Å².